The first-order valence-corrected chi connectivity index (χ1v) is 6.88. The van der Waals surface area contributed by atoms with Crippen LogP contribution in [0.15, 0.2) is 67.7 Å². The van der Waals surface area contributed by atoms with Crippen molar-refractivity contribution in [2.75, 3.05) is 0 Å². The van der Waals surface area contributed by atoms with E-state index in [1.165, 1.54) is 0 Å². The van der Waals surface area contributed by atoms with Gasteiger partial charge in [0.1, 0.15) is 11.5 Å². The van der Waals surface area contributed by atoms with Crippen LogP contribution in [-0.2, 0) is 0 Å². The lowest BCUT2D eigenvalue weighted by molar-refractivity contribution is 0.317. The predicted octanol–water partition coefficient (Wildman–Crippen LogP) is 2.40. The summed E-state index contributed by atoms with van der Waals surface area (Å²) < 4.78 is 11.0. The van der Waals surface area contributed by atoms with Gasteiger partial charge in [-0.3, -0.25) is 0 Å². The van der Waals surface area contributed by atoms with Gasteiger partial charge in [-0.05, 0) is 24.3 Å². The molecule has 8 heteroatoms. The van der Waals surface area contributed by atoms with Crippen LogP contribution in [-0.4, -0.2) is 22.1 Å². The van der Waals surface area contributed by atoms with Crippen molar-refractivity contribution in [1.29, 1.82) is 0 Å². The van der Waals surface area contributed by atoms with Crippen LogP contribution < -0.4 is 11.5 Å². The highest BCUT2D eigenvalue weighted by Crippen LogP contribution is 2.27. The summed E-state index contributed by atoms with van der Waals surface area (Å²) in [7, 11) is 0. The fraction of sp³-hybridized carbons (Fsp3) is 0. The van der Waals surface area contributed by atoms with Gasteiger partial charge in [-0.2, -0.15) is 0 Å². The molecule has 0 bridgehead atoms. The van der Waals surface area contributed by atoms with Crippen molar-refractivity contribution >= 4 is 11.7 Å². The van der Waals surface area contributed by atoms with Crippen molar-refractivity contribution in [3.05, 3.63) is 60.1 Å². The van der Waals surface area contributed by atoms with Gasteiger partial charge in [-0.15, -0.1) is 0 Å². The molecule has 2 heterocycles. The molecule has 6 N–H and O–H groups in total. The molecule has 24 heavy (non-hydrogen) atoms. The summed E-state index contributed by atoms with van der Waals surface area (Å²) >= 11 is 0. The number of benzene rings is 1. The molecule has 1 aromatic carbocycles. The molecule has 0 unspecified atom stereocenters. The van der Waals surface area contributed by atoms with E-state index in [0.29, 0.717) is 11.5 Å². The Balaban J connectivity index is 1.85. The molecule has 0 saturated carbocycles. The topological polar surface area (TPSA) is 144 Å². The Labute approximate surface area is 136 Å². The zero-order valence-corrected chi connectivity index (χ0v) is 12.4. The molecule has 0 radical (unpaired) electrons. The second-order valence-corrected chi connectivity index (χ2v) is 4.88. The van der Waals surface area contributed by atoms with Crippen molar-refractivity contribution in [2.45, 2.75) is 0 Å². The first-order valence-electron chi connectivity index (χ1n) is 6.88. The number of nitrogens with zero attached hydrogens (tertiary/aromatic N) is 2. The molecule has 0 aliphatic carbocycles. The van der Waals surface area contributed by atoms with E-state index < -0.39 is 0 Å². The second kappa shape index (κ2) is 6.21. The maximum atomic E-state index is 8.65. The van der Waals surface area contributed by atoms with Crippen molar-refractivity contribution in [1.82, 2.24) is 0 Å². The maximum Gasteiger partial charge on any atom is 0.205 e. The van der Waals surface area contributed by atoms with E-state index in [2.05, 4.69) is 10.3 Å². The molecule has 0 amide bonds. The lowest BCUT2D eigenvalue weighted by Gasteiger charge is -2.00. The smallest absolute Gasteiger partial charge is 0.205 e. The number of rotatable bonds is 4. The van der Waals surface area contributed by atoms with Crippen LogP contribution in [0.5, 0.6) is 0 Å². The number of nitrogens with two attached hydrogens (primary N) is 2. The molecule has 0 fully saturated rings. The first-order chi connectivity index (χ1) is 11.6. The molecule has 0 aliphatic rings. The maximum absolute atomic E-state index is 8.65. The number of hydrogen-bond acceptors (Lipinski definition) is 6. The SMILES string of the molecule is N/C(=N\O)c1ccc(-c2ccc(-c3ccc(/C(N)=N\O)o3)cc2)o1. The third-order valence-corrected chi connectivity index (χ3v) is 3.39. The van der Waals surface area contributed by atoms with Gasteiger partial charge in [0.2, 0.25) is 11.7 Å². The minimum absolute atomic E-state index is 0.0934. The molecule has 3 rings (SSSR count). The van der Waals surface area contributed by atoms with E-state index in [-0.39, 0.29) is 23.2 Å². The minimum atomic E-state index is -0.0934. The van der Waals surface area contributed by atoms with Crippen LogP contribution in [0.4, 0.5) is 0 Å². The summed E-state index contributed by atoms with van der Waals surface area (Å²) in [6.45, 7) is 0. The number of oxime groups is 2. The predicted molar refractivity (Wildman–Crippen MR) is 86.9 cm³/mol. The van der Waals surface area contributed by atoms with Gasteiger partial charge in [0.25, 0.3) is 0 Å². The van der Waals surface area contributed by atoms with Crippen molar-refractivity contribution in [3.8, 4) is 22.6 Å². The molecule has 8 nitrogen and oxygen atoms in total. The Kier molecular flexibility index (Phi) is 3.94. The van der Waals surface area contributed by atoms with Gasteiger partial charge in [-0.1, -0.05) is 34.6 Å². The Morgan fingerprint density at radius 1 is 0.667 bits per heavy atom. The summed E-state index contributed by atoms with van der Waals surface area (Å²) in [5, 5.41) is 23.1. The lowest BCUT2D eigenvalue weighted by atomic mass is 10.1. The Hall–Kier alpha value is -3.68. The highest BCUT2D eigenvalue weighted by Gasteiger charge is 2.11. The molecule has 0 saturated heterocycles. The fourth-order valence-electron chi connectivity index (χ4n) is 2.16. The first kappa shape index (κ1) is 15.2. The Bertz CT molecular complexity index is 831. The van der Waals surface area contributed by atoms with E-state index in [9.17, 15) is 0 Å². The highest BCUT2D eigenvalue weighted by molar-refractivity contribution is 5.95. The van der Waals surface area contributed by atoms with Gasteiger partial charge >= 0.3 is 0 Å². The van der Waals surface area contributed by atoms with Crippen LogP contribution in [0.3, 0.4) is 0 Å². The van der Waals surface area contributed by atoms with E-state index in [1.54, 1.807) is 24.3 Å². The van der Waals surface area contributed by atoms with Gasteiger partial charge in [0, 0.05) is 11.1 Å². The molecular formula is C16H14N4O4. The lowest BCUT2D eigenvalue weighted by Crippen LogP contribution is -2.11. The molecule has 0 spiro atoms. The Morgan fingerprint density at radius 2 is 1.04 bits per heavy atom. The number of amidine groups is 2. The summed E-state index contributed by atoms with van der Waals surface area (Å²) in [5.41, 5.74) is 12.6. The fourth-order valence-corrected chi connectivity index (χ4v) is 2.16. The zero-order valence-electron chi connectivity index (χ0n) is 12.4. The monoisotopic (exact) mass is 326 g/mol. The average Bonchev–Trinajstić information content (AvgIpc) is 3.30. The van der Waals surface area contributed by atoms with Crippen molar-refractivity contribution in [2.24, 2.45) is 21.8 Å². The molecule has 122 valence electrons. The largest absolute Gasteiger partial charge is 0.453 e. The minimum Gasteiger partial charge on any atom is -0.453 e. The summed E-state index contributed by atoms with van der Waals surface area (Å²) in [4.78, 5) is 0. The Morgan fingerprint density at radius 3 is 1.38 bits per heavy atom. The third-order valence-electron chi connectivity index (χ3n) is 3.39. The van der Waals surface area contributed by atoms with Gasteiger partial charge in [-0.25, -0.2) is 0 Å². The van der Waals surface area contributed by atoms with Crippen LogP contribution in [0.1, 0.15) is 11.5 Å². The van der Waals surface area contributed by atoms with Crippen LogP contribution in [0.25, 0.3) is 22.6 Å². The summed E-state index contributed by atoms with van der Waals surface area (Å²) in [5.74, 6) is 1.55. The number of furan rings is 2. The van der Waals surface area contributed by atoms with Crippen molar-refractivity contribution < 1.29 is 19.2 Å². The third kappa shape index (κ3) is 2.80. The van der Waals surface area contributed by atoms with Gasteiger partial charge in [0.05, 0.1) is 0 Å². The van der Waals surface area contributed by atoms with Gasteiger partial charge in [0.15, 0.2) is 11.5 Å². The number of hydrogen-bond donors (Lipinski definition) is 4. The van der Waals surface area contributed by atoms with Gasteiger partial charge < -0.3 is 30.7 Å². The van der Waals surface area contributed by atoms with Crippen LogP contribution in [0.2, 0.25) is 0 Å². The second-order valence-electron chi connectivity index (χ2n) is 4.88. The quantitative estimate of drug-likeness (QED) is 0.251. The van der Waals surface area contributed by atoms with E-state index in [4.69, 9.17) is 30.7 Å². The van der Waals surface area contributed by atoms with Crippen LogP contribution >= 0.6 is 0 Å². The molecule has 3 aromatic rings. The van der Waals surface area contributed by atoms with Crippen molar-refractivity contribution in [3.63, 3.8) is 0 Å². The zero-order chi connectivity index (χ0) is 17.1. The summed E-state index contributed by atoms with van der Waals surface area (Å²) in [6, 6.07) is 14.1. The van der Waals surface area contributed by atoms with E-state index >= 15 is 0 Å². The molecule has 0 aliphatic heterocycles. The standard InChI is InChI=1S/C16H14N4O4/c17-15(19-21)13-7-5-11(23-13)9-1-2-10(4-3-9)12-6-8-14(24-12)16(18)20-22/h1-8,21-22H,(H2,17,19)(H2,18,20). The summed E-state index contributed by atoms with van der Waals surface area (Å²) in [6.07, 6.45) is 0. The molecular weight excluding hydrogens is 312 g/mol. The normalized spacial score (nSPS) is 12.5. The van der Waals surface area contributed by atoms with Crippen LogP contribution in [0, 0.1) is 0 Å². The molecule has 0 atom stereocenters. The van der Waals surface area contributed by atoms with E-state index in [1.807, 2.05) is 24.3 Å². The molecule has 2 aromatic heterocycles. The highest BCUT2D eigenvalue weighted by atomic mass is 16.4. The average molecular weight is 326 g/mol. The van der Waals surface area contributed by atoms with E-state index in [0.717, 1.165) is 11.1 Å².